The van der Waals surface area contributed by atoms with E-state index < -0.39 is 0 Å². The molecule has 0 amide bonds. The van der Waals surface area contributed by atoms with E-state index in [-0.39, 0.29) is 6.61 Å². The molecule has 16 heavy (non-hydrogen) atoms. The normalized spacial score (nSPS) is 10.2. The summed E-state index contributed by atoms with van der Waals surface area (Å²) in [5, 5.41) is 9.28. The van der Waals surface area contributed by atoms with E-state index in [0.29, 0.717) is 23.8 Å². The zero-order valence-electron chi connectivity index (χ0n) is 10.1. The minimum Gasteiger partial charge on any atom is -0.496 e. The van der Waals surface area contributed by atoms with Gasteiger partial charge >= 0.3 is 0 Å². The monoisotopic (exact) mass is 225 g/mol. The van der Waals surface area contributed by atoms with Gasteiger partial charge in [-0.3, -0.25) is 0 Å². The molecule has 0 radical (unpaired) electrons. The van der Waals surface area contributed by atoms with Crippen LogP contribution in [0.1, 0.15) is 31.0 Å². The van der Waals surface area contributed by atoms with Crippen LogP contribution >= 0.6 is 0 Å². The van der Waals surface area contributed by atoms with Crippen LogP contribution in [-0.4, -0.2) is 23.8 Å². The summed E-state index contributed by atoms with van der Waals surface area (Å²) in [5.74, 6) is 1.11. The van der Waals surface area contributed by atoms with Crippen molar-refractivity contribution in [1.29, 1.82) is 0 Å². The summed E-state index contributed by atoms with van der Waals surface area (Å²) in [6, 6.07) is 1.79. The largest absolute Gasteiger partial charge is 0.496 e. The van der Waals surface area contributed by atoms with Gasteiger partial charge in [-0.1, -0.05) is 13.3 Å². The van der Waals surface area contributed by atoms with Gasteiger partial charge in [0.1, 0.15) is 5.75 Å². The molecular weight excluding hydrogens is 206 g/mol. The van der Waals surface area contributed by atoms with Crippen LogP contribution < -0.4 is 9.47 Å². The lowest BCUT2D eigenvalue weighted by Crippen LogP contribution is -2.05. The lowest BCUT2D eigenvalue weighted by atomic mass is 10.2. The van der Waals surface area contributed by atoms with E-state index in [9.17, 15) is 5.11 Å². The highest BCUT2D eigenvalue weighted by atomic mass is 16.5. The maximum absolute atomic E-state index is 9.28. The van der Waals surface area contributed by atoms with E-state index >= 15 is 0 Å². The van der Waals surface area contributed by atoms with Gasteiger partial charge in [0.05, 0.1) is 25.9 Å². The molecule has 1 aromatic rings. The number of aryl methyl sites for hydroxylation is 1. The fraction of sp³-hybridized carbons (Fsp3) is 0.583. The van der Waals surface area contributed by atoms with Crippen molar-refractivity contribution < 1.29 is 14.6 Å². The standard InChI is InChI=1S/C12H19NO3/c1-4-5-6-16-12-10(8-14)11(15-3)7-9(2)13-12/h7,14H,4-6,8H2,1-3H3. The van der Waals surface area contributed by atoms with E-state index in [1.54, 1.807) is 13.2 Å². The molecule has 4 heteroatoms. The number of pyridine rings is 1. The maximum atomic E-state index is 9.28. The predicted octanol–water partition coefficient (Wildman–Crippen LogP) is 2.07. The summed E-state index contributed by atoms with van der Waals surface area (Å²) >= 11 is 0. The Bertz CT molecular complexity index is 339. The first-order valence-corrected chi connectivity index (χ1v) is 5.51. The van der Waals surface area contributed by atoms with Crippen LogP contribution in [0, 0.1) is 6.92 Å². The molecule has 0 bridgehead atoms. The summed E-state index contributed by atoms with van der Waals surface area (Å²) in [6.45, 7) is 4.46. The Labute approximate surface area is 96.2 Å². The molecule has 0 aromatic carbocycles. The highest BCUT2D eigenvalue weighted by molar-refractivity contribution is 5.41. The molecule has 1 rings (SSSR count). The fourth-order valence-corrected chi connectivity index (χ4v) is 1.40. The fourth-order valence-electron chi connectivity index (χ4n) is 1.40. The van der Waals surface area contributed by atoms with Crippen molar-refractivity contribution in [2.24, 2.45) is 0 Å². The molecule has 0 aliphatic heterocycles. The number of unbranched alkanes of at least 4 members (excludes halogenated alkanes) is 1. The highest BCUT2D eigenvalue weighted by Crippen LogP contribution is 2.27. The van der Waals surface area contributed by atoms with Crippen molar-refractivity contribution >= 4 is 0 Å². The van der Waals surface area contributed by atoms with Gasteiger partial charge in [0, 0.05) is 11.8 Å². The number of rotatable bonds is 6. The third-order valence-corrected chi connectivity index (χ3v) is 2.29. The van der Waals surface area contributed by atoms with Crippen LogP contribution in [0.25, 0.3) is 0 Å². The van der Waals surface area contributed by atoms with Gasteiger partial charge < -0.3 is 14.6 Å². The van der Waals surface area contributed by atoms with E-state index in [1.165, 1.54) is 0 Å². The number of methoxy groups -OCH3 is 1. The van der Waals surface area contributed by atoms with Crippen LogP contribution in [0.4, 0.5) is 0 Å². The van der Waals surface area contributed by atoms with Crippen LogP contribution in [0.3, 0.4) is 0 Å². The molecule has 0 atom stereocenters. The Morgan fingerprint density at radius 2 is 2.19 bits per heavy atom. The second-order valence-corrected chi connectivity index (χ2v) is 3.61. The van der Waals surface area contributed by atoms with E-state index in [2.05, 4.69) is 11.9 Å². The van der Waals surface area contributed by atoms with Crippen LogP contribution in [0.2, 0.25) is 0 Å². The van der Waals surface area contributed by atoms with Crippen LogP contribution in [-0.2, 0) is 6.61 Å². The smallest absolute Gasteiger partial charge is 0.222 e. The minimum absolute atomic E-state index is 0.127. The van der Waals surface area contributed by atoms with Gasteiger partial charge in [-0.2, -0.15) is 0 Å². The summed E-state index contributed by atoms with van der Waals surface area (Å²) in [5.41, 5.74) is 1.43. The number of hydrogen-bond donors (Lipinski definition) is 1. The van der Waals surface area contributed by atoms with E-state index in [4.69, 9.17) is 9.47 Å². The number of aliphatic hydroxyl groups excluding tert-OH is 1. The first-order valence-electron chi connectivity index (χ1n) is 5.51. The Balaban J connectivity index is 2.91. The first-order chi connectivity index (χ1) is 7.72. The first kappa shape index (κ1) is 12.8. The average Bonchev–Trinajstić information content (AvgIpc) is 2.28. The molecule has 0 aliphatic carbocycles. The molecular formula is C12H19NO3. The topological polar surface area (TPSA) is 51.6 Å². The van der Waals surface area contributed by atoms with Crippen molar-refractivity contribution in [2.75, 3.05) is 13.7 Å². The van der Waals surface area contributed by atoms with Gasteiger partial charge in [0.2, 0.25) is 5.88 Å². The van der Waals surface area contributed by atoms with Gasteiger partial charge in [0.25, 0.3) is 0 Å². The third-order valence-electron chi connectivity index (χ3n) is 2.29. The SMILES string of the molecule is CCCCOc1nc(C)cc(OC)c1CO. The van der Waals surface area contributed by atoms with Gasteiger partial charge in [-0.15, -0.1) is 0 Å². The highest BCUT2D eigenvalue weighted by Gasteiger charge is 2.12. The Hall–Kier alpha value is -1.29. The van der Waals surface area contributed by atoms with Crippen molar-refractivity contribution in [2.45, 2.75) is 33.3 Å². The number of aliphatic hydroxyl groups is 1. The lowest BCUT2D eigenvalue weighted by molar-refractivity contribution is 0.247. The summed E-state index contributed by atoms with van der Waals surface area (Å²) in [4.78, 5) is 4.26. The molecule has 90 valence electrons. The van der Waals surface area contributed by atoms with Crippen molar-refractivity contribution in [3.8, 4) is 11.6 Å². The number of hydrogen-bond acceptors (Lipinski definition) is 4. The Kier molecular flexibility index (Phi) is 5.05. The minimum atomic E-state index is -0.127. The van der Waals surface area contributed by atoms with E-state index in [0.717, 1.165) is 18.5 Å². The molecule has 1 aromatic heterocycles. The quantitative estimate of drug-likeness (QED) is 0.753. The Morgan fingerprint density at radius 1 is 1.44 bits per heavy atom. The average molecular weight is 225 g/mol. The number of nitrogens with zero attached hydrogens (tertiary/aromatic N) is 1. The molecule has 4 nitrogen and oxygen atoms in total. The summed E-state index contributed by atoms with van der Waals surface area (Å²) in [6.07, 6.45) is 2.04. The van der Waals surface area contributed by atoms with Crippen LogP contribution in [0.5, 0.6) is 11.6 Å². The van der Waals surface area contributed by atoms with Crippen molar-refractivity contribution in [3.63, 3.8) is 0 Å². The maximum Gasteiger partial charge on any atom is 0.222 e. The molecule has 1 N–H and O–H groups in total. The molecule has 0 saturated heterocycles. The van der Waals surface area contributed by atoms with Gasteiger partial charge in [0.15, 0.2) is 0 Å². The third kappa shape index (κ3) is 3.10. The Morgan fingerprint density at radius 3 is 2.75 bits per heavy atom. The molecule has 0 fully saturated rings. The predicted molar refractivity (Wildman–Crippen MR) is 61.9 cm³/mol. The van der Waals surface area contributed by atoms with Crippen molar-refractivity contribution in [3.05, 3.63) is 17.3 Å². The molecule has 0 spiro atoms. The molecule has 0 unspecified atom stereocenters. The van der Waals surface area contributed by atoms with Crippen LogP contribution in [0.15, 0.2) is 6.07 Å². The zero-order chi connectivity index (χ0) is 12.0. The van der Waals surface area contributed by atoms with E-state index in [1.807, 2.05) is 6.92 Å². The van der Waals surface area contributed by atoms with Gasteiger partial charge in [-0.25, -0.2) is 4.98 Å². The van der Waals surface area contributed by atoms with Crippen molar-refractivity contribution in [1.82, 2.24) is 4.98 Å². The summed E-state index contributed by atoms with van der Waals surface area (Å²) < 4.78 is 10.7. The second-order valence-electron chi connectivity index (χ2n) is 3.61. The number of ether oxygens (including phenoxy) is 2. The van der Waals surface area contributed by atoms with Gasteiger partial charge in [-0.05, 0) is 13.3 Å². The zero-order valence-corrected chi connectivity index (χ0v) is 10.1. The summed E-state index contributed by atoms with van der Waals surface area (Å²) in [7, 11) is 1.57. The molecule has 1 heterocycles. The lowest BCUT2D eigenvalue weighted by Gasteiger charge is -2.13. The molecule has 0 aliphatic rings. The second kappa shape index (κ2) is 6.33. The number of aromatic nitrogens is 1. The molecule has 0 saturated carbocycles.